The Kier molecular flexibility index (Phi) is 12.5. The highest BCUT2D eigenvalue weighted by molar-refractivity contribution is 6.23. The van der Waals surface area contributed by atoms with Crippen LogP contribution in [0.2, 0.25) is 0 Å². The van der Waals surface area contributed by atoms with Crippen molar-refractivity contribution >= 4 is 29.6 Å². The van der Waals surface area contributed by atoms with E-state index in [9.17, 15) is 15.0 Å². The number of hydrogen-bond donors (Lipinski definition) is 3. The smallest absolute Gasteiger partial charge is 0.421 e. The second kappa shape index (κ2) is 18.1. The van der Waals surface area contributed by atoms with Crippen molar-refractivity contribution in [2.45, 2.75) is 36.1 Å². The Bertz CT molecular complexity index is 2260. The van der Waals surface area contributed by atoms with Crippen molar-refractivity contribution < 1.29 is 48.3 Å². The van der Waals surface area contributed by atoms with Gasteiger partial charge in [0, 0.05) is 31.2 Å². The van der Waals surface area contributed by atoms with Gasteiger partial charge in [0.25, 0.3) is 0 Å². The van der Waals surface area contributed by atoms with E-state index in [2.05, 4.69) is 23.7 Å². The minimum atomic E-state index is -2.06. The van der Waals surface area contributed by atoms with E-state index >= 15 is 14.4 Å². The van der Waals surface area contributed by atoms with Crippen molar-refractivity contribution in [3.8, 4) is 17.6 Å². The molecule has 0 saturated carbocycles. The number of imide groups is 1. The number of nitrogens with one attached hydrogen (secondary N) is 1. The first-order valence-electron chi connectivity index (χ1n) is 19.4. The lowest BCUT2D eigenvalue weighted by Crippen LogP contribution is -2.55. The monoisotopic (exact) mass is 799 g/mol. The Labute approximate surface area is 342 Å². The van der Waals surface area contributed by atoms with Crippen LogP contribution in [0.25, 0.3) is 0 Å². The largest absolute Gasteiger partial charge is 0.491 e. The number of cyclic esters (lactones) is 1. The SMILES string of the molecule is C=CCNC(=O)C1C2C(=O)OC(c3ccccc3)C(c3ccccc3)N2C(c2ccccc2OCCO)C12C(=O)N(C(=O)OCCOC)c1ccc(C#CCCO)cc12. The van der Waals surface area contributed by atoms with Gasteiger partial charge >= 0.3 is 12.1 Å². The Hall–Kier alpha value is -6.30. The summed E-state index contributed by atoms with van der Waals surface area (Å²) >= 11 is 0. The van der Waals surface area contributed by atoms with Crippen molar-refractivity contribution in [1.29, 1.82) is 0 Å². The predicted molar refractivity (Wildman–Crippen MR) is 216 cm³/mol. The van der Waals surface area contributed by atoms with Gasteiger partial charge in [-0.25, -0.2) is 9.69 Å². The van der Waals surface area contributed by atoms with Crippen LogP contribution >= 0.6 is 0 Å². The van der Waals surface area contributed by atoms with Gasteiger partial charge in [0.1, 0.15) is 36.5 Å². The average molecular weight is 800 g/mol. The van der Waals surface area contributed by atoms with E-state index in [4.69, 9.17) is 18.9 Å². The first-order valence-corrected chi connectivity index (χ1v) is 19.4. The van der Waals surface area contributed by atoms with Crippen LogP contribution in [0.3, 0.4) is 0 Å². The summed E-state index contributed by atoms with van der Waals surface area (Å²) in [5, 5.41) is 22.3. The quantitative estimate of drug-likeness (QED) is 0.0753. The molecule has 6 unspecified atom stereocenters. The topological polar surface area (TPSA) is 164 Å². The maximum absolute atomic E-state index is 16.0. The third-order valence-electron chi connectivity index (χ3n) is 10.9. The summed E-state index contributed by atoms with van der Waals surface area (Å²) in [5.41, 5.74) is 0.567. The Morgan fingerprint density at radius 1 is 0.898 bits per heavy atom. The lowest BCUT2D eigenvalue weighted by molar-refractivity contribution is -0.178. The van der Waals surface area contributed by atoms with Crippen LogP contribution in [-0.4, -0.2) is 91.7 Å². The van der Waals surface area contributed by atoms with Gasteiger partial charge in [-0.05, 0) is 41.0 Å². The lowest BCUT2D eigenvalue weighted by atomic mass is 9.65. The first-order chi connectivity index (χ1) is 28.8. The number of rotatable bonds is 13. The fraction of sp³-hybridized carbons (Fsp3) is 0.304. The van der Waals surface area contributed by atoms with Crippen LogP contribution in [0.1, 0.15) is 52.4 Å². The van der Waals surface area contributed by atoms with E-state index in [0.29, 0.717) is 16.7 Å². The van der Waals surface area contributed by atoms with E-state index in [-0.39, 0.29) is 63.0 Å². The molecule has 13 nitrogen and oxygen atoms in total. The van der Waals surface area contributed by atoms with Crippen LogP contribution < -0.4 is 15.0 Å². The molecular formula is C46H45N3O10. The van der Waals surface area contributed by atoms with E-state index < -0.39 is 59.4 Å². The number of benzene rings is 4. The number of aliphatic hydroxyl groups is 2. The number of fused-ring (bicyclic) bond motifs is 3. The predicted octanol–water partition coefficient (Wildman–Crippen LogP) is 4.54. The van der Waals surface area contributed by atoms with E-state index in [1.54, 1.807) is 42.5 Å². The molecule has 3 aliphatic heterocycles. The number of aliphatic hydroxyl groups excluding tert-OH is 2. The van der Waals surface area contributed by atoms with Crippen LogP contribution in [0, 0.1) is 17.8 Å². The third-order valence-corrected chi connectivity index (χ3v) is 10.9. The molecule has 3 aliphatic rings. The number of carbonyl (C=O) groups excluding carboxylic acids is 4. The van der Waals surface area contributed by atoms with Gasteiger partial charge in [-0.15, -0.1) is 6.58 Å². The van der Waals surface area contributed by atoms with Gasteiger partial charge in [-0.3, -0.25) is 19.3 Å². The minimum absolute atomic E-state index is 0.000698. The summed E-state index contributed by atoms with van der Waals surface area (Å²) in [6.07, 6.45) is -0.273. The molecule has 3 amide bonds. The zero-order valence-corrected chi connectivity index (χ0v) is 32.5. The highest BCUT2D eigenvalue weighted by Crippen LogP contribution is 2.66. The molecule has 3 N–H and O–H groups in total. The summed E-state index contributed by atoms with van der Waals surface area (Å²) in [6.45, 7) is 3.05. The average Bonchev–Trinajstić information content (AvgIpc) is 3.71. The molecule has 3 heterocycles. The highest BCUT2D eigenvalue weighted by atomic mass is 16.6. The van der Waals surface area contributed by atoms with E-state index in [0.717, 1.165) is 10.5 Å². The third kappa shape index (κ3) is 7.36. The summed E-state index contributed by atoms with van der Waals surface area (Å²) < 4.78 is 23.4. The molecule has 7 rings (SSSR count). The lowest BCUT2D eigenvalue weighted by Gasteiger charge is -2.46. The number of amides is 3. The number of hydrogen-bond acceptors (Lipinski definition) is 11. The van der Waals surface area contributed by atoms with Crippen molar-refractivity contribution in [1.82, 2.24) is 10.2 Å². The Morgan fingerprint density at radius 2 is 1.61 bits per heavy atom. The second-order valence-corrected chi connectivity index (χ2v) is 14.2. The van der Waals surface area contributed by atoms with Gasteiger partial charge < -0.3 is 34.5 Å². The standard InChI is InChI=1S/C46H45N3O10/c1-3-23-47-42(52)37-39-43(53)59-40(32-17-8-5-9-18-32)38(31-15-6-4-7-16-31)49(39)41(33-19-10-11-20-36(33)57-26-25-51)46(37)34-29-30(14-12-13-24-50)21-22-35(34)48(44(46)54)45(55)58-28-27-56-2/h3-11,15-22,29,37-41,50-51H,1,13,23-28H2,2H3,(H,47,52). The first kappa shape index (κ1) is 40.9. The molecule has 59 heavy (non-hydrogen) atoms. The van der Waals surface area contributed by atoms with Gasteiger partial charge in [0.05, 0.1) is 43.5 Å². The van der Waals surface area contributed by atoms with Crippen LogP contribution in [-0.2, 0) is 34.0 Å². The molecule has 4 aromatic rings. The summed E-state index contributed by atoms with van der Waals surface area (Å²) in [4.78, 5) is 63.2. The number of nitrogens with zero attached hydrogens (tertiary/aromatic N) is 2. The maximum Gasteiger partial charge on any atom is 0.421 e. The number of methoxy groups -OCH3 is 1. The summed E-state index contributed by atoms with van der Waals surface area (Å²) in [7, 11) is 1.45. The number of para-hydroxylation sites is 1. The van der Waals surface area contributed by atoms with Crippen molar-refractivity contribution in [2.75, 3.05) is 51.6 Å². The minimum Gasteiger partial charge on any atom is -0.491 e. The molecule has 1 spiro atoms. The van der Waals surface area contributed by atoms with Crippen LogP contribution in [0.4, 0.5) is 10.5 Å². The molecule has 304 valence electrons. The normalized spacial score (nSPS) is 23.1. The number of ether oxygens (including phenoxy) is 4. The zero-order valence-electron chi connectivity index (χ0n) is 32.5. The van der Waals surface area contributed by atoms with Crippen molar-refractivity contribution in [2.24, 2.45) is 5.92 Å². The molecule has 2 saturated heterocycles. The number of carbonyl (C=O) groups is 4. The number of esters is 1. The summed E-state index contributed by atoms with van der Waals surface area (Å²) in [5.74, 6) is 2.49. The Balaban J connectivity index is 1.61. The fourth-order valence-electron chi connectivity index (χ4n) is 8.71. The second-order valence-electron chi connectivity index (χ2n) is 14.2. The van der Waals surface area contributed by atoms with Gasteiger partial charge in [-0.2, -0.15) is 0 Å². The van der Waals surface area contributed by atoms with Crippen LogP contribution in [0.15, 0.2) is 116 Å². The molecule has 6 atom stereocenters. The van der Waals surface area contributed by atoms with Crippen molar-refractivity contribution in [3.63, 3.8) is 0 Å². The van der Waals surface area contributed by atoms with Gasteiger partial charge in [0.15, 0.2) is 0 Å². The summed E-state index contributed by atoms with van der Waals surface area (Å²) in [6, 6.07) is 27.0. The van der Waals surface area contributed by atoms with Crippen LogP contribution in [0.5, 0.6) is 5.75 Å². The molecule has 0 aromatic heterocycles. The molecule has 0 radical (unpaired) electrons. The molecular weight excluding hydrogens is 755 g/mol. The maximum atomic E-state index is 16.0. The van der Waals surface area contributed by atoms with Gasteiger partial charge in [0.2, 0.25) is 11.8 Å². The number of morpholine rings is 1. The molecule has 0 bridgehead atoms. The number of anilines is 1. The van der Waals surface area contributed by atoms with E-state index in [1.165, 1.54) is 13.2 Å². The fourth-order valence-corrected chi connectivity index (χ4v) is 8.71. The highest BCUT2D eigenvalue weighted by Gasteiger charge is 2.76. The van der Waals surface area contributed by atoms with Gasteiger partial charge in [-0.1, -0.05) is 96.8 Å². The molecule has 2 fully saturated rings. The molecule has 0 aliphatic carbocycles. The Morgan fingerprint density at radius 3 is 2.31 bits per heavy atom. The zero-order chi connectivity index (χ0) is 41.5. The molecule has 4 aromatic carbocycles. The van der Waals surface area contributed by atoms with E-state index in [1.807, 2.05) is 65.6 Å². The van der Waals surface area contributed by atoms with Crippen molar-refractivity contribution in [3.05, 3.63) is 144 Å². The molecule has 13 heteroatoms.